The van der Waals surface area contributed by atoms with Gasteiger partial charge in [-0.3, -0.25) is 19.2 Å². The number of fused-ring (bicyclic) bond motifs is 4. The van der Waals surface area contributed by atoms with Gasteiger partial charge in [-0.15, -0.1) is 11.3 Å². The van der Waals surface area contributed by atoms with Gasteiger partial charge in [0, 0.05) is 53.1 Å². The lowest BCUT2D eigenvalue weighted by Crippen LogP contribution is -2.51. The van der Waals surface area contributed by atoms with Gasteiger partial charge < -0.3 is 15.6 Å². The van der Waals surface area contributed by atoms with Crippen molar-refractivity contribution < 1.29 is 14.5 Å². The third kappa shape index (κ3) is 8.29. The molecule has 3 aliphatic heterocycles. The molecule has 294 valence electrons. The molecular formula is C41H64FN7O3S. The van der Waals surface area contributed by atoms with E-state index in [1.807, 2.05) is 34.6 Å². The molecule has 3 aromatic heterocycles. The van der Waals surface area contributed by atoms with Gasteiger partial charge in [0.2, 0.25) is 0 Å². The van der Waals surface area contributed by atoms with Crippen molar-refractivity contribution in [2.24, 2.45) is 11.7 Å². The molecule has 2 aliphatic carbocycles. The highest BCUT2D eigenvalue weighted by Crippen LogP contribution is 2.53. The summed E-state index contributed by atoms with van der Waals surface area (Å²) < 4.78 is 6.66. The topological polar surface area (TPSA) is 146 Å². The number of nitriles is 1. The number of thiophene rings is 1. The molecule has 12 heteroatoms. The molecule has 8 rings (SSSR count). The second kappa shape index (κ2) is 18.5. The van der Waals surface area contributed by atoms with E-state index in [9.17, 15) is 15.2 Å². The van der Waals surface area contributed by atoms with E-state index in [0.29, 0.717) is 35.4 Å². The van der Waals surface area contributed by atoms with Crippen molar-refractivity contribution in [2.75, 3.05) is 26.3 Å². The van der Waals surface area contributed by atoms with Gasteiger partial charge in [-0.05, 0) is 128 Å². The van der Waals surface area contributed by atoms with Gasteiger partial charge in [0.05, 0.1) is 11.3 Å². The minimum Gasteiger partial charge on any atom is -0.504 e. The molecule has 4 N–H and O–H groups in total. The van der Waals surface area contributed by atoms with Crippen LogP contribution in [-0.2, 0) is 23.1 Å². The molecule has 53 heavy (non-hydrogen) atoms. The van der Waals surface area contributed by atoms with Crippen LogP contribution in [0.1, 0.15) is 144 Å². The number of nitrogens with two attached hydrogens (primary N) is 1. The number of imidazole rings is 1. The highest BCUT2D eigenvalue weighted by molar-refractivity contribution is 7.12. The van der Waals surface area contributed by atoms with Crippen molar-refractivity contribution in [3.63, 3.8) is 0 Å². The van der Waals surface area contributed by atoms with E-state index in [2.05, 4.69) is 39.8 Å². The summed E-state index contributed by atoms with van der Waals surface area (Å²) in [6.07, 6.45) is 15.0. The third-order valence-electron chi connectivity index (χ3n) is 12.2. The summed E-state index contributed by atoms with van der Waals surface area (Å²) in [5, 5.41) is 21.2. The van der Waals surface area contributed by atoms with Crippen molar-refractivity contribution in [2.45, 2.75) is 155 Å². The number of nitrogens with zero attached hydrogens (tertiary/aromatic N) is 5. The Hall–Kier alpha value is -3.11. The molecule has 10 nitrogen and oxygen atoms in total. The molecule has 0 amide bonds. The number of aromatic nitrogens is 4. The second-order valence-corrected chi connectivity index (χ2v) is 16.6. The Balaban J connectivity index is 0.000000256. The van der Waals surface area contributed by atoms with Gasteiger partial charge in [0.25, 0.3) is 0 Å². The van der Waals surface area contributed by atoms with E-state index in [4.69, 9.17) is 10.5 Å². The normalized spacial score (nSPS) is 27.2. The van der Waals surface area contributed by atoms with Crippen LogP contribution in [0.3, 0.4) is 0 Å². The van der Waals surface area contributed by atoms with Gasteiger partial charge in [0.1, 0.15) is 11.6 Å². The van der Waals surface area contributed by atoms with Crippen molar-refractivity contribution in [1.29, 1.82) is 5.26 Å². The molecule has 4 fully saturated rings. The maximum Gasteiger partial charge on any atom is 0.327 e. The number of aromatic amines is 1. The highest BCUT2D eigenvalue weighted by atomic mass is 32.1. The average Bonchev–Trinajstić information content (AvgIpc) is 3.89. The van der Waals surface area contributed by atoms with Crippen LogP contribution in [0.4, 0.5) is 4.70 Å². The monoisotopic (exact) mass is 753 g/mol. The van der Waals surface area contributed by atoms with Crippen LogP contribution in [0, 0.1) is 31.1 Å². The fraction of sp³-hybridized carbons (Fsp3) is 0.707. The van der Waals surface area contributed by atoms with Crippen LogP contribution in [0.25, 0.3) is 16.9 Å². The zero-order valence-corrected chi connectivity index (χ0v) is 34.1. The Labute approximate surface area is 319 Å². The van der Waals surface area contributed by atoms with Gasteiger partial charge >= 0.3 is 5.69 Å². The Morgan fingerprint density at radius 1 is 1.08 bits per heavy atom. The number of rotatable bonds is 3. The first kappa shape index (κ1) is 42.6. The largest absolute Gasteiger partial charge is 0.504 e. The lowest BCUT2D eigenvalue weighted by molar-refractivity contribution is 0.0968. The fourth-order valence-corrected chi connectivity index (χ4v) is 11.1. The summed E-state index contributed by atoms with van der Waals surface area (Å²) in [6.45, 7) is 19.7. The molecule has 0 bridgehead atoms. The second-order valence-electron chi connectivity index (χ2n) is 15.3. The molecule has 0 radical (unpaired) electrons. The maximum atomic E-state index is 12.3. The molecule has 5 aliphatic rings. The highest BCUT2D eigenvalue weighted by Gasteiger charge is 2.49. The fourth-order valence-electron chi connectivity index (χ4n) is 9.82. The number of halogens is 1. The van der Waals surface area contributed by atoms with Crippen molar-refractivity contribution in [1.82, 2.24) is 24.4 Å². The summed E-state index contributed by atoms with van der Waals surface area (Å²) in [4.78, 5) is 29.1. The minimum atomic E-state index is -0.426. The maximum absolute atomic E-state index is 12.3. The van der Waals surface area contributed by atoms with E-state index in [0.717, 1.165) is 72.8 Å². The predicted molar refractivity (Wildman–Crippen MR) is 214 cm³/mol. The van der Waals surface area contributed by atoms with E-state index in [1.165, 1.54) is 62.9 Å². The summed E-state index contributed by atoms with van der Waals surface area (Å²) in [6, 6.07) is 2.00. The first-order chi connectivity index (χ1) is 25.1. The number of hydrogen-bond donors (Lipinski definition) is 3. The van der Waals surface area contributed by atoms with Gasteiger partial charge in [-0.2, -0.15) is 5.26 Å². The zero-order valence-electron chi connectivity index (χ0n) is 33.3. The van der Waals surface area contributed by atoms with Crippen LogP contribution in [0.5, 0.6) is 0 Å². The van der Waals surface area contributed by atoms with Crippen LogP contribution < -0.4 is 11.4 Å². The van der Waals surface area contributed by atoms with E-state index >= 15 is 0 Å². The third-order valence-corrected chi connectivity index (χ3v) is 13.4. The van der Waals surface area contributed by atoms with E-state index < -0.39 is 6.04 Å². The first-order valence-electron chi connectivity index (χ1n) is 20.1. The summed E-state index contributed by atoms with van der Waals surface area (Å²) in [5.74, 6) is 1.13. The molecule has 4 atom stereocenters. The predicted octanol–water partition coefficient (Wildman–Crippen LogP) is 8.38. The van der Waals surface area contributed by atoms with Crippen molar-refractivity contribution in [3.8, 4) is 6.07 Å². The smallest absolute Gasteiger partial charge is 0.327 e. The van der Waals surface area contributed by atoms with Crippen molar-refractivity contribution in [3.05, 3.63) is 48.5 Å². The quantitative estimate of drug-likeness (QED) is 0.226. The summed E-state index contributed by atoms with van der Waals surface area (Å²) in [5.41, 5.74) is 11.3. The van der Waals surface area contributed by atoms with Crippen LogP contribution in [-0.4, -0.2) is 67.4 Å². The number of ether oxygens (including phenoxy) is 1. The lowest BCUT2D eigenvalue weighted by atomic mass is 9.59. The molecule has 1 saturated carbocycles. The number of nitrogens with one attached hydrogen (secondary N) is 1. The zero-order chi connectivity index (χ0) is 37.6. The van der Waals surface area contributed by atoms with Crippen molar-refractivity contribution >= 4 is 28.3 Å². The Morgan fingerprint density at radius 3 is 2.36 bits per heavy atom. The SMILES string of the molecule is C1CCOCC1.CC.CCC12CCCN1C[C@H](C)C2.CCn1c(=O)[nH]c2nc(/C(O)=C3\CCC[C@@]4(CCCc5sc(C)c(C#N)c54)C3N)nc(C)c21.F. The Morgan fingerprint density at radius 2 is 1.77 bits per heavy atom. The molecule has 2 unspecified atom stereocenters. The number of aryl methyl sites for hydroxylation is 4. The van der Waals surface area contributed by atoms with Crippen LogP contribution in [0.15, 0.2) is 10.4 Å². The number of aliphatic hydroxyl groups is 1. The van der Waals surface area contributed by atoms with E-state index in [1.54, 1.807) is 15.9 Å². The van der Waals surface area contributed by atoms with Gasteiger partial charge in [-0.1, -0.05) is 27.7 Å². The average molecular weight is 754 g/mol. The summed E-state index contributed by atoms with van der Waals surface area (Å²) in [7, 11) is 0. The van der Waals surface area contributed by atoms with Gasteiger partial charge in [0.15, 0.2) is 17.2 Å². The number of aliphatic hydroxyl groups excluding tert-OH is 1. The Bertz CT molecular complexity index is 1810. The molecular weight excluding hydrogens is 690 g/mol. The summed E-state index contributed by atoms with van der Waals surface area (Å²) >= 11 is 1.71. The first-order valence-corrected chi connectivity index (χ1v) is 20.9. The standard InChI is InChI=1S/C24H28N6O2S.C10H19N.C5H10O.C2H6.FH/c1-4-30-18-12(2)27-22(28-21(18)29-23(30)32)19(31)14-7-5-9-24(20(14)26)10-6-8-16-17(24)15(11-25)13(3)33-16;1-3-10-5-4-6-11(10)8-9(2)7-10;1-2-4-6-5-3-1;1-2;/h20,31H,4-10,26H2,1-3H3,(H,27,28,29,32);9H,3-8H2,1-2H3;1-5H2;1-2H3;1H/b19-14-;;;;/t20?,24-;9-,10?;;;/m01.../s1. The number of hydrogen-bond acceptors (Lipinski definition) is 9. The Kier molecular flexibility index (Phi) is 14.9. The molecule has 6 heterocycles. The number of H-pyrrole nitrogens is 1. The molecule has 1 spiro atoms. The van der Waals surface area contributed by atoms with Crippen LogP contribution >= 0.6 is 11.3 Å². The lowest BCUT2D eigenvalue weighted by Gasteiger charge is -2.47. The molecule has 3 aromatic rings. The molecule has 3 saturated heterocycles. The van der Waals surface area contributed by atoms with Gasteiger partial charge in [-0.25, -0.2) is 14.8 Å². The molecule has 0 aromatic carbocycles. The van der Waals surface area contributed by atoms with Crippen LogP contribution in [0.2, 0.25) is 0 Å². The minimum absolute atomic E-state index is 0. The van der Waals surface area contributed by atoms with E-state index in [-0.39, 0.29) is 27.4 Å².